The van der Waals surface area contributed by atoms with E-state index in [0.29, 0.717) is 12.6 Å². The number of likely N-dealkylation sites (N-methyl/N-ethyl adjacent to an activating group) is 1. The highest BCUT2D eigenvalue weighted by atomic mass is 16.2. The molecule has 0 saturated heterocycles. The van der Waals surface area contributed by atoms with Crippen molar-refractivity contribution < 1.29 is 4.79 Å². The molecular formula is C15H22N2O. The zero-order valence-electron chi connectivity index (χ0n) is 11.3. The van der Waals surface area contributed by atoms with Gasteiger partial charge in [0.1, 0.15) is 0 Å². The Hall–Kier alpha value is -1.35. The van der Waals surface area contributed by atoms with E-state index in [1.54, 1.807) is 0 Å². The van der Waals surface area contributed by atoms with Crippen LogP contribution in [0.4, 0.5) is 0 Å². The van der Waals surface area contributed by atoms with Gasteiger partial charge in [0, 0.05) is 12.6 Å². The second-order valence-electron chi connectivity index (χ2n) is 5.02. The molecular weight excluding hydrogens is 224 g/mol. The van der Waals surface area contributed by atoms with Gasteiger partial charge in [0.05, 0.1) is 6.54 Å². The summed E-state index contributed by atoms with van der Waals surface area (Å²) in [5.74, 6) is 0.128. The predicted molar refractivity (Wildman–Crippen MR) is 73.4 cm³/mol. The number of carbonyl (C=O) groups excluding carboxylic acids is 1. The van der Waals surface area contributed by atoms with Gasteiger partial charge in [0.2, 0.25) is 5.91 Å². The van der Waals surface area contributed by atoms with Gasteiger partial charge < -0.3 is 5.32 Å². The molecule has 0 saturated carbocycles. The largest absolute Gasteiger partial charge is 0.355 e. The van der Waals surface area contributed by atoms with Gasteiger partial charge in [-0.25, -0.2) is 0 Å². The number of hydrogen-bond donors (Lipinski definition) is 1. The normalized spacial score (nSPS) is 17.8. The van der Waals surface area contributed by atoms with Crippen LogP contribution in [-0.2, 0) is 11.2 Å². The molecule has 3 heteroatoms. The number of nitrogens with one attached hydrogen (secondary N) is 1. The van der Waals surface area contributed by atoms with E-state index < -0.39 is 0 Å². The number of benzene rings is 1. The van der Waals surface area contributed by atoms with Crippen molar-refractivity contribution in [3.63, 3.8) is 0 Å². The van der Waals surface area contributed by atoms with E-state index in [4.69, 9.17) is 0 Å². The Kier molecular flexibility index (Phi) is 4.37. The number of aryl methyl sites for hydroxylation is 1. The first-order valence-electron chi connectivity index (χ1n) is 6.77. The molecule has 3 nitrogen and oxygen atoms in total. The van der Waals surface area contributed by atoms with Crippen molar-refractivity contribution in [2.24, 2.45) is 0 Å². The molecule has 1 N–H and O–H groups in total. The summed E-state index contributed by atoms with van der Waals surface area (Å²) < 4.78 is 0. The summed E-state index contributed by atoms with van der Waals surface area (Å²) in [5, 5.41) is 2.93. The van der Waals surface area contributed by atoms with Crippen molar-refractivity contribution in [2.75, 3.05) is 20.1 Å². The molecule has 0 bridgehead atoms. The first-order valence-corrected chi connectivity index (χ1v) is 6.77. The Balaban J connectivity index is 1.95. The van der Waals surface area contributed by atoms with Gasteiger partial charge in [-0.3, -0.25) is 9.69 Å². The second-order valence-corrected chi connectivity index (χ2v) is 5.02. The molecule has 0 spiro atoms. The Bertz CT molecular complexity index is 417. The molecule has 0 fully saturated rings. The number of carbonyl (C=O) groups is 1. The molecule has 1 aliphatic carbocycles. The topological polar surface area (TPSA) is 32.3 Å². The maximum absolute atomic E-state index is 11.7. The van der Waals surface area contributed by atoms with E-state index in [-0.39, 0.29) is 5.91 Å². The molecule has 0 aromatic heterocycles. The SMILES string of the molecule is CCCNC(=O)CN(C)C1CCc2ccccc21. The highest BCUT2D eigenvalue weighted by molar-refractivity contribution is 5.78. The highest BCUT2D eigenvalue weighted by Gasteiger charge is 2.26. The number of nitrogens with zero attached hydrogens (tertiary/aromatic N) is 1. The van der Waals surface area contributed by atoms with Crippen LogP contribution in [0, 0.1) is 0 Å². The molecule has 98 valence electrons. The van der Waals surface area contributed by atoms with Gasteiger partial charge in [-0.2, -0.15) is 0 Å². The summed E-state index contributed by atoms with van der Waals surface area (Å²) in [6, 6.07) is 8.96. The lowest BCUT2D eigenvalue weighted by molar-refractivity contribution is -0.122. The highest BCUT2D eigenvalue weighted by Crippen LogP contribution is 2.34. The second kappa shape index (κ2) is 6.01. The van der Waals surface area contributed by atoms with Gasteiger partial charge in [-0.05, 0) is 37.4 Å². The Labute approximate surface area is 109 Å². The van der Waals surface area contributed by atoms with Crippen LogP contribution in [0.25, 0.3) is 0 Å². The third-order valence-corrected chi connectivity index (χ3v) is 3.60. The van der Waals surface area contributed by atoms with Gasteiger partial charge in [0.15, 0.2) is 0 Å². The van der Waals surface area contributed by atoms with E-state index in [0.717, 1.165) is 25.8 Å². The van der Waals surface area contributed by atoms with Crippen LogP contribution in [0.2, 0.25) is 0 Å². The van der Waals surface area contributed by atoms with E-state index in [1.807, 2.05) is 7.05 Å². The molecule has 0 aliphatic heterocycles. The average Bonchev–Trinajstić information content (AvgIpc) is 2.80. The zero-order valence-corrected chi connectivity index (χ0v) is 11.3. The predicted octanol–water partition coefficient (Wildman–Crippen LogP) is 2.13. The van der Waals surface area contributed by atoms with Crippen molar-refractivity contribution in [3.8, 4) is 0 Å². The molecule has 1 aromatic rings. The van der Waals surface area contributed by atoms with Crippen LogP contribution in [0.5, 0.6) is 0 Å². The molecule has 1 aromatic carbocycles. The number of amides is 1. The fourth-order valence-electron chi connectivity index (χ4n) is 2.65. The Morgan fingerprint density at radius 2 is 2.22 bits per heavy atom. The first-order chi connectivity index (χ1) is 8.72. The summed E-state index contributed by atoms with van der Waals surface area (Å²) in [7, 11) is 2.04. The first kappa shape index (κ1) is 13.1. The van der Waals surface area contributed by atoms with Crippen LogP contribution in [0.1, 0.15) is 36.9 Å². The summed E-state index contributed by atoms with van der Waals surface area (Å²) in [6.45, 7) is 3.32. The van der Waals surface area contributed by atoms with Crippen LogP contribution in [-0.4, -0.2) is 30.9 Å². The third-order valence-electron chi connectivity index (χ3n) is 3.60. The number of hydrogen-bond acceptors (Lipinski definition) is 2. The Morgan fingerprint density at radius 3 is 3.00 bits per heavy atom. The average molecular weight is 246 g/mol. The van der Waals surface area contributed by atoms with Crippen molar-refractivity contribution in [2.45, 2.75) is 32.2 Å². The third kappa shape index (κ3) is 2.91. The van der Waals surface area contributed by atoms with Crippen LogP contribution < -0.4 is 5.32 Å². The summed E-state index contributed by atoms with van der Waals surface area (Å²) in [5.41, 5.74) is 2.83. The zero-order chi connectivity index (χ0) is 13.0. The molecule has 18 heavy (non-hydrogen) atoms. The van der Waals surface area contributed by atoms with E-state index >= 15 is 0 Å². The molecule has 1 unspecified atom stereocenters. The number of rotatable bonds is 5. The maximum atomic E-state index is 11.7. The lowest BCUT2D eigenvalue weighted by Crippen LogP contribution is -2.36. The van der Waals surface area contributed by atoms with Gasteiger partial charge in [0.25, 0.3) is 0 Å². The van der Waals surface area contributed by atoms with E-state index in [9.17, 15) is 4.79 Å². The minimum atomic E-state index is 0.128. The van der Waals surface area contributed by atoms with Crippen LogP contribution >= 0.6 is 0 Å². The fourth-order valence-corrected chi connectivity index (χ4v) is 2.65. The van der Waals surface area contributed by atoms with Gasteiger partial charge >= 0.3 is 0 Å². The lowest BCUT2D eigenvalue weighted by atomic mass is 10.1. The van der Waals surface area contributed by atoms with E-state index in [2.05, 4.69) is 41.4 Å². The monoisotopic (exact) mass is 246 g/mol. The van der Waals surface area contributed by atoms with Crippen LogP contribution in [0.15, 0.2) is 24.3 Å². The molecule has 0 radical (unpaired) electrons. The fraction of sp³-hybridized carbons (Fsp3) is 0.533. The number of fused-ring (bicyclic) bond motifs is 1. The maximum Gasteiger partial charge on any atom is 0.234 e. The quantitative estimate of drug-likeness (QED) is 0.863. The van der Waals surface area contributed by atoms with E-state index in [1.165, 1.54) is 11.1 Å². The molecule has 0 heterocycles. The standard InChI is InChI=1S/C15H22N2O/c1-3-10-16-15(18)11-17(2)14-9-8-12-6-4-5-7-13(12)14/h4-7,14H,3,8-11H2,1-2H3,(H,16,18). The molecule has 2 rings (SSSR count). The van der Waals surface area contributed by atoms with Gasteiger partial charge in [-0.15, -0.1) is 0 Å². The smallest absolute Gasteiger partial charge is 0.234 e. The summed E-state index contributed by atoms with van der Waals surface area (Å²) in [4.78, 5) is 13.9. The van der Waals surface area contributed by atoms with Crippen molar-refractivity contribution in [1.29, 1.82) is 0 Å². The van der Waals surface area contributed by atoms with Gasteiger partial charge in [-0.1, -0.05) is 31.2 Å². The molecule has 1 aliphatic rings. The van der Waals surface area contributed by atoms with Crippen LogP contribution in [0.3, 0.4) is 0 Å². The lowest BCUT2D eigenvalue weighted by Gasteiger charge is -2.24. The van der Waals surface area contributed by atoms with Crippen molar-refractivity contribution in [3.05, 3.63) is 35.4 Å². The van der Waals surface area contributed by atoms with Crippen molar-refractivity contribution in [1.82, 2.24) is 10.2 Å². The minimum Gasteiger partial charge on any atom is -0.355 e. The van der Waals surface area contributed by atoms with Crippen molar-refractivity contribution >= 4 is 5.91 Å². The summed E-state index contributed by atoms with van der Waals surface area (Å²) in [6.07, 6.45) is 3.24. The summed E-state index contributed by atoms with van der Waals surface area (Å²) >= 11 is 0. The Morgan fingerprint density at radius 1 is 1.44 bits per heavy atom. The minimum absolute atomic E-state index is 0.128. The molecule has 1 amide bonds. The molecule has 1 atom stereocenters.